The number of aliphatic hydroxyl groups is 2. The molecule has 4 bridgehead atoms. The van der Waals surface area contributed by atoms with Crippen LogP contribution in [-0.2, 0) is 5.60 Å². The van der Waals surface area contributed by atoms with Gasteiger partial charge in [-0.3, -0.25) is 0 Å². The molecule has 0 amide bonds. The lowest BCUT2D eigenvalue weighted by molar-refractivity contribution is -0.0982. The Kier molecular flexibility index (Phi) is 4.66. The van der Waals surface area contributed by atoms with Crippen LogP contribution < -0.4 is 4.90 Å². The maximum absolute atomic E-state index is 12.8. The highest BCUT2D eigenvalue weighted by atomic mass is 16.3. The van der Waals surface area contributed by atoms with Crippen LogP contribution >= 0.6 is 0 Å². The Morgan fingerprint density at radius 1 is 0.686 bits per heavy atom. The molecule has 6 atom stereocenters. The third-order valence-corrected chi connectivity index (χ3v) is 12.7. The van der Waals surface area contributed by atoms with Gasteiger partial charge < -0.3 is 15.1 Å². The molecule has 4 aliphatic carbocycles. The topological polar surface area (TPSA) is 43.7 Å². The van der Waals surface area contributed by atoms with E-state index in [4.69, 9.17) is 0 Å². The number of rotatable bonds is 4. The van der Waals surface area contributed by atoms with Crippen LogP contribution in [0.5, 0.6) is 0 Å². The van der Waals surface area contributed by atoms with E-state index in [1.54, 1.807) is 0 Å². The SMILES string of the molecule is CC1(C)[C@@H]2CC[C@@]1(C)[C@@](O)(c1ccccc1N(c1ccccc1)[C@@]1(O)C[C@H]3CC[C@]1(C)C3(C)C)C2. The lowest BCUT2D eigenvalue weighted by Gasteiger charge is -2.53. The first-order valence-electron chi connectivity index (χ1n) is 13.7. The normalized spacial score (nSPS) is 42.5. The van der Waals surface area contributed by atoms with Gasteiger partial charge in [0.15, 0.2) is 0 Å². The summed E-state index contributed by atoms with van der Waals surface area (Å²) in [6, 6.07) is 18.8. The summed E-state index contributed by atoms with van der Waals surface area (Å²) in [4.78, 5) is 2.23. The van der Waals surface area contributed by atoms with Crippen LogP contribution in [0.4, 0.5) is 11.4 Å². The molecule has 3 heteroatoms. The van der Waals surface area contributed by atoms with Gasteiger partial charge in [-0.2, -0.15) is 0 Å². The van der Waals surface area contributed by atoms with E-state index in [9.17, 15) is 10.2 Å². The number of hydrogen-bond acceptors (Lipinski definition) is 3. The monoisotopic (exact) mass is 473 g/mol. The summed E-state index contributed by atoms with van der Waals surface area (Å²) in [7, 11) is 0. The summed E-state index contributed by atoms with van der Waals surface area (Å²) in [5.74, 6) is 0.996. The van der Waals surface area contributed by atoms with Crippen LogP contribution in [0.15, 0.2) is 54.6 Å². The van der Waals surface area contributed by atoms with Gasteiger partial charge in [0.05, 0.1) is 5.60 Å². The van der Waals surface area contributed by atoms with Crippen molar-refractivity contribution < 1.29 is 10.2 Å². The fourth-order valence-electron chi connectivity index (χ4n) is 9.41. The quantitative estimate of drug-likeness (QED) is 0.455. The number of benzene rings is 2. The Morgan fingerprint density at radius 2 is 1.23 bits per heavy atom. The molecule has 0 spiro atoms. The third-order valence-electron chi connectivity index (χ3n) is 12.7. The first-order chi connectivity index (χ1) is 16.3. The second kappa shape index (κ2) is 6.92. The van der Waals surface area contributed by atoms with Crippen LogP contribution in [0.3, 0.4) is 0 Å². The summed E-state index contributed by atoms with van der Waals surface area (Å²) >= 11 is 0. The van der Waals surface area contributed by atoms with Gasteiger partial charge in [0.1, 0.15) is 5.72 Å². The lowest BCUT2D eigenvalue weighted by atomic mass is 9.62. The molecule has 0 unspecified atom stereocenters. The highest BCUT2D eigenvalue weighted by molar-refractivity contribution is 5.71. The van der Waals surface area contributed by atoms with Gasteiger partial charge in [0.25, 0.3) is 0 Å². The Balaban J connectivity index is 1.58. The number of nitrogens with zero attached hydrogens (tertiary/aromatic N) is 1. The maximum atomic E-state index is 12.8. The molecule has 4 aliphatic rings. The second-order valence-electron chi connectivity index (χ2n) is 13.9. The zero-order valence-electron chi connectivity index (χ0n) is 22.4. The van der Waals surface area contributed by atoms with Crippen molar-refractivity contribution in [2.75, 3.05) is 4.90 Å². The van der Waals surface area contributed by atoms with Gasteiger partial charge >= 0.3 is 0 Å². The summed E-state index contributed by atoms with van der Waals surface area (Å²) in [6.07, 6.45) is 5.97. The Bertz CT molecular complexity index is 1160. The van der Waals surface area contributed by atoms with Crippen LogP contribution in [0.1, 0.15) is 85.6 Å². The minimum atomic E-state index is -1.03. The second-order valence-corrected chi connectivity index (χ2v) is 13.9. The van der Waals surface area contributed by atoms with Crippen molar-refractivity contribution in [3.05, 3.63) is 60.2 Å². The molecule has 0 aliphatic heterocycles. The van der Waals surface area contributed by atoms with Gasteiger partial charge in [-0.15, -0.1) is 0 Å². The highest BCUT2D eigenvalue weighted by Crippen LogP contribution is 2.75. The smallest absolute Gasteiger partial charge is 0.148 e. The Hall–Kier alpha value is -1.84. The molecule has 0 aromatic heterocycles. The molecule has 2 N–H and O–H groups in total. The molecule has 35 heavy (non-hydrogen) atoms. The summed E-state index contributed by atoms with van der Waals surface area (Å²) < 4.78 is 0. The molecule has 0 radical (unpaired) electrons. The van der Waals surface area contributed by atoms with Crippen molar-refractivity contribution >= 4 is 11.4 Å². The predicted molar refractivity (Wildman–Crippen MR) is 142 cm³/mol. The molecule has 6 rings (SSSR count). The van der Waals surface area contributed by atoms with E-state index in [0.29, 0.717) is 11.8 Å². The molecular formula is C32H43NO2. The van der Waals surface area contributed by atoms with Crippen LogP contribution in [-0.4, -0.2) is 15.9 Å². The molecule has 188 valence electrons. The van der Waals surface area contributed by atoms with Gasteiger partial charge in [0, 0.05) is 27.8 Å². The van der Waals surface area contributed by atoms with Crippen LogP contribution in [0.25, 0.3) is 0 Å². The Morgan fingerprint density at radius 3 is 1.74 bits per heavy atom. The maximum Gasteiger partial charge on any atom is 0.148 e. The van der Waals surface area contributed by atoms with E-state index >= 15 is 0 Å². The van der Waals surface area contributed by atoms with Crippen LogP contribution in [0, 0.1) is 33.5 Å². The minimum absolute atomic E-state index is 0.0427. The largest absolute Gasteiger partial charge is 0.384 e. The molecule has 0 heterocycles. The molecule has 2 aromatic rings. The lowest BCUT2D eigenvalue weighted by Crippen LogP contribution is -2.58. The third kappa shape index (κ3) is 2.55. The Labute approximate surface area is 211 Å². The van der Waals surface area contributed by atoms with E-state index in [1.807, 2.05) is 6.07 Å². The van der Waals surface area contributed by atoms with Crippen molar-refractivity contribution in [3.8, 4) is 0 Å². The number of anilines is 2. The molecular weight excluding hydrogens is 430 g/mol. The zero-order chi connectivity index (χ0) is 25.1. The zero-order valence-corrected chi connectivity index (χ0v) is 22.4. The van der Waals surface area contributed by atoms with E-state index in [2.05, 4.69) is 95.0 Å². The van der Waals surface area contributed by atoms with Gasteiger partial charge in [-0.1, -0.05) is 77.9 Å². The fraction of sp³-hybridized carbons (Fsp3) is 0.625. The molecule has 4 saturated carbocycles. The van der Waals surface area contributed by atoms with Crippen molar-refractivity contribution in [2.24, 2.45) is 33.5 Å². The number of para-hydroxylation sites is 2. The van der Waals surface area contributed by atoms with Crippen molar-refractivity contribution in [2.45, 2.75) is 91.4 Å². The van der Waals surface area contributed by atoms with Crippen LogP contribution in [0.2, 0.25) is 0 Å². The number of hydrogen-bond donors (Lipinski definition) is 2. The average Bonchev–Trinajstić information content (AvgIpc) is 3.31. The van der Waals surface area contributed by atoms with Crippen molar-refractivity contribution in [3.63, 3.8) is 0 Å². The fourth-order valence-corrected chi connectivity index (χ4v) is 9.41. The average molecular weight is 474 g/mol. The van der Waals surface area contributed by atoms with E-state index in [1.165, 1.54) is 12.8 Å². The first kappa shape index (κ1) is 23.6. The predicted octanol–water partition coefficient (Wildman–Crippen LogP) is 7.39. The van der Waals surface area contributed by atoms with E-state index in [-0.39, 0.29) is 21.7 Å². The van der Waals surface area contributed by atoms with Crippen molar-refractivity contribution in [1.29, 1.82) is 0 Å². The molecule has 0 saturated heterocycles. The van der Waals surface area contributed by atoms with Gasteiger partial charge in [0.2, 0.25) is 0 Å². The summed E-state index contributed by atoms with van der Waals surface area (Å²) in [5, 5.41) is 25.5. The van der Waals surface area contributed by atoms with Crippen molar-refractivity contribution in [1.82, 2.24) is 0 Å². The summed E-state index contributed by atoms with van der Waals surface area (Å²) in [5.41, 5.74) is 0.664. The minimum Gasteiger partial charge on any atom is -0.384 e. The number of fused-ring (bicyclic) bond motifs is 4. The van der Waals surface area contributed by atoms with Gasteiger partial charge in [-0.25, -0.2) is 0 Å². The standard InChI is InChI=1S/C32H43NO2/c1-27(2)22-16-18-29(27,5)31(34,20-22)25-14-10-11-15-26(25)33(24-12-8-7-9-13-24)32(35)21-23-17-19-30(32,6)28(23,3)4/h7-15,22-23,34-35H,16-21H2,1-6H3/t22-,23-,29-,30-,31+,32-/m1/s1. The first-order valence-corrected chi connectivity index (χ1v) is 13.7. The molecule has 3 nitrogen and oxygen atoms in total. The summed E-state index contributed by atoms with van der Waals surface area (Å²) in [6.45, 7) is 14.0. The highest BCUT2D eigenvalue weighted by Gasteiger charge is 2.72. The van der Waals surface area contributed by atoms with E-state index < -0.39 is 11.3 Å². The van der Waals surface area contributed by atoms with E-state index in [0.717, 1.165) is 42.6 Å². The van der Waals surface area contributed by atoms with Gasteiger partial charge in [-0.05, 0) is 79.4 Å². The molecule has 4 fully saturated rings. The molecule has 2 aromatic carbocycles.